The number of carbonyl (C=O) groups excluding carboxylic acids is 1. The Morgan fingerprint density at radius 2 is 1.86 bits per heavy atom. The lowest BCUT2D eigenvalue weighted by Gasteiger charge is -2.16. The molecular formula is C16H25NO4. The number of amides is 1. The standard InChI is InChI=1S/C16H25NO4/c1-6-12(5)21-16(18)17-13-9-11(4)15(20-8-3)14(10-13)19-7-2/h9-10,12H,6-8H2,1-5H3,(H,17,18). The number of aryl methyl sites for hydroxylation is 1. The lowest BCUT2D eigenvalue weighted by molar-refractivity contribution is 0.118. The Morgan fingerprint density at radius 1 is 1.19 bits per heavy atom. The van der Waals surface area contributed by atoms with Crippen molar-refractivity contribution < 1.29 is 19.0 Å². The molecule has 0 aromatic heterocycles. The van der Waals surface area contributed by atoms with Crippen molar-refractivity contribution in [3.63, 3.8) is 0 Å². The van der Waals surface area contributed by atoms with Crippen molar-refractivity contribution in [1.29, 1.82) is 0 Å². The minimum atomic E-state index is -0.463. The van der Waals surface area contributed by atoms with Gasteiger partial charge in [-0.3, -0.25) is 5.32 Å². The van der Waals surface area contributed by atoms with Crippen LogP contribution in [0.2, 0.25) is 0 Å². The zero-order valence-electron chi connectivity index (χ0n) is 13.5. The molecule has 0 fully saturated rings. The minimum absolute atomic E-state index is 0.111. The topological polar surface area (TPSA) is 56.8 Å². The van der Waals surface area contributed by atoms with E-state index < -0.39 is 6.09 Å². The van der Waals surface area contributed by atoms with E-state index in [9.17, 15) is 4.79 Å². The van der Waals surface area contributed by atoms with Gasteiger partial charge < -0.3 is 14.2 Å². The van der Waals surface area contributed by atoms with Gasteiger partial charge in [-0.05, 0) is 45.7 Å². The maximum absolute atomic E-state index is 11.8. The first-order valence-electron chi connectivity index (χ1n) is 7.39. The molecule has 0 saturated heterocycles. The normalized spacial score (nSPS) is 11.7. The Bertz CT molecular complexity index is 474. The third-order valence-corrected chi connectivity index (χ3v) is 2.96. The fourth-order valence-electron chi connectivity index (χ4n) is 1.82. The summed E-state index contributed by atoms with van der Waals surface area (Å²) in [6.07, 6.45) is 0.204. The van der Waals surface area contributed by atoms with Crippen LogP contribution >= 0.6 is 0 Å². The van der Waals surface area contributed by atoms with E-state index in [0.717, 1.165) is 12.0 Å². The number of carbonyl (C=O) groups is 1. The summed E-state index contributed by atoms with van der Waals surface area (Å²) in [5.41, 5.74) is 1.54. The molecule has 1 aromatic carbocycles. The molecule has 0 bridgehead atoms. The third-order valence-electron chi connectivity index (χ3n) is 2.96. The van der Waals surface area contributed by atoms with Crippen LogP contribution in [0.1, 0.15) is 39.7 Å². The van der Waals surface area contributed by atoms with Gasteiger partial charge in [-0.1, -0.05) is 6.92 Å². The summed E-state index contributed by atoms with van der Waals surface area (Å²) in [6.45, 7) is 10.6. The predicted molar refractivity (Wildman–Crippen MR) is 83.4 cm³/mol. The Labute approximate surface area is 126 Å². The van der Waals surface area contributed by atoms with Gasteiger partial charge in [0.2, 0.25) is 0 Å². The first-order chi connectivity index (χ1) is 10.0. The number of hydrogen-bond donors (Lipinski definition) is 1. The van der Waals surface area contributed by atoms with Crippen molar-refractivity contribution in [2.45, 2.75) is 47.1 Å². The number of ether oxygens (including phenoxy) is 3. The van der Waals surface area contributed by atoms with Crippen molar-refractivity contribution in [2.24, 2.45) is 0 Å². The molecule has 0 aliphatic heterocycles. The van der Waals surface area contributed by atoms with Gasteiger partial charge in [0.15, 0.2) is 11.5 Å². The van der Waals surface area contributed by atoms with Crippen molar-refractivity contribution in [2.75, 3.05) is 18.5 Å². The SMILES string of the molecule is CCOc1cc(NC(=O)OC(C)CC)cc(C)c1OCC. The Morgan fingerprint density at radius 3 is 2.43 bits per heavy atom. The van der Waals surface area contributed by atoms with Gasteiger partial charge in [0.05, 0.1) is 13.2 Å². The van der Waals surface area contributed by atoms with Crippen molar-refractivity contribution in [1.82, 2.24) is 0 Å². The second kappa shape index (κ2) is 8.39. The van der Waals surface area contributed by atoms with Gasteiger partial charge in [-0.25, -0.2) is 4.79 Å². The van der Waals surface area contributed by atoms with Crippen LogP contribution in [-0.4, -0.2) is 25.4 Å². The maximum atomic E-state index is 11.8. The number of benzene rings is 1. The molecule has 1 unspecified atom stereocenters. The van der Waals surface area contributed by atoms with Gasteiger partial charge in [-0.15, -0.1) is 0 Å². The monoisotopic (exact) mass is 295 g/mol. The largest absolute Gasteiger partial charge is 0.490 e. The van der Waals surface area contributed by atoms with E-state index in [1.807, 2.05) is 40.7 Å². The lowest BCUT2D eigenvalue weighted by atomic mass is 10.2. The van der Waals surface area contributed by atoms with E-state index >= 15 is 0 Å². The summed E-state index contributed by atoms with van der Waals surface area (Å²) in [6, 6.07) is 3.59. The van der Waals surface area contributed by atoms with E-state index in [1.165, 1.54) is 0 Å². The number of rotatable bonds is 7. The first kappa shape index (κ1) is 17.1. The summed E-state index contributed by atoms with van der Waals surface area (Å²) < 4.78 is 16.4. The Balaban J connectivity index is 2.90. The quantitative estimate of drug-likeness (QED) is 0.821. The van der Waals surface area contributed by atoms with Crippen LogP contribution in [-0.2, 0) is 4.74 Å². The van der Waals surface area contributed by atoms with Crippen LogP contribution in [0.5, 0.6) is 11.5 Å². The average molecular weight is 295 g/mol. The molecule has 5 nitrogen and oxygen atoms in total. The number of nitrogens with one attached hydrogen (secondary N) is 1. The van der Waals surface area contributed by atoms with Crippen LogP contribution < -0.4 is 14.8 Å². The van der Waals surface area contributed by atoms with Crippen LogP contribution in [0.3, 0.4) is 0 Å². The van der Waals surface area contributed by atoms with Crippen LogP contribution in [0.4, 0.5) is 10.5 Å². The first-order valence-corrected chi connectivity index (χ1v) is 7.39. The molecule has 1 rings (SSSR count). The average Bonchev–Trinajstić information content (AvgIpc) is 2.42. The van der Waals surface area contributed by atoms with Gasteiger partial charge in [0.1, 0.15) is 6.10 Å². The fourth-order valence-corrected chi connectivity index (χ4v) is 1.82. The molecule has 0 spiro atoms. The summed E-state index contributed by atoms with van der Waals surface area (Å²) in [5.74, 6) is 1.33. The highest BCUT2D eigenvalue weighted by atomic mass is 16.6. The highest BCUT2D eigenvalue weighted by Gasteiger charge is 2.13. The lowest BCUT2D eigenvalue weighted by Crippen LogP contribution is -2.19. The molecule has 21 heavy (non-hydrogen) atoms. The second-order valence-corrected chi connectivity index (χ2v) is 4.74. The van der Waals surface area contributed by atoms with Crippen molar-refractivity contribution in [3.05, 3.63) is 17.7 Å². The van der Waals surface area contributed by atoms with E-state index in [-0.39, 0.29) is 6.10 Å². The van der Waals surface area contributed by atoms with Gasteiger partial charge >= 0.3 is 6.09 Å². The van der Waals surface area contributed by atoms with Gasteiger partial charge in [0, 0.05) is 11.8 Å². The molecule has 1 amide bonds. The Hall–Kier alpha value is -1.91. The Kier molecular flexibility index (Phi) is 6.85. The summed E-state index contributed by atoms with van der Waals surface area (Å²) >= 11 is 0. The van der Waals surface area contributed by atoms with Gasteiger partial charge in [0.25, 0.3) is 0 Å². The van der Waals surface area contributed by atoms with E-state index in [0.29, 0.717) is 30.4 Å². The van der Waals surface area contributed by atoms with Crippen molar-refractivity contribution in [3.8, 4) is 11.5 Å². The highest BCUT2D eigenvalue weighted by molar-refractivity contribution is 5.85. The zero-order valence-corrected chi connectivity index (χ0v) is 13.5. The zero-order chi connectivity index (χ0) is 15.8. The van der Waals surface area contributed by atoms with E-state index in [1.54, 1.807) is 6.07 Å². The molecule has 1 aromatic rings. The fraction of sp³-hybridized carbons (Fsp3) is 0.562. The smallest absolute Gasteiger partial charge is 0.411 e. The molecule has 0 aliphatic carbocycles. The summed E-state index contributed by atoms with van der Waals surface area (Å²) in [4.78, 5) is 11.8. The third kappa shape index (κ3) is 5.17. The molecule has 0 saturated carbocycles. The number of anilines is 1. The molecule has 1 atom stereocenters. The predicted octanol–water partition coefficient (Wildman–Crippen LogP) is 4.14. The molecule has 118 valence electrons. The molecule has 5 heteroatoms. The molecular weight excluding hydrogens is 270 g/mol. The van der Waals surface area contributed by atoms with Crippen LogP contribution in [0, 0.1) is 6.92 Å². The molecule has 0 radical (unpaired) electrons. The molecule has 1 N–H and O–H groups in total. The van der Waals surface area contributed by atoms with Crippen LogP contribution in [0.25, 0.3) is 0 Å². The number of hydrogen-bond acceptors (Lipinski definition) is 4. The van der Waals surface area contributed by atoms with Crippen LogP contribution in [0.15, 0.2) is 12.1 Å². The van der Waals surface area contributed by atoms with E-state index in [2.05, 4.69) is 5.32 Å². The van der Waals surface area contributed by atoms with Crippen molar-refractivity contribution >= 4 is 11.8 Å². The summed E-state index contributed by atoms with van der Waals surface area (Å²) in [5, 5.41) is 2.72. The molecule has 0 heterocycles. The van der Waals surface area contributed by atoms with E-state index in [4.69, 9.17) is 14.2 Å². The molecule has 0 aliphatic rings. The second-order valence-electron chi connectivity index (χ2n) is 4.74. The minimum Gasteiger partial charge on any atom is -0.490 e. The van der Waals surface area contributed by atoms with Gasteiger partial charge in [-0.2, -0.15) is 0 Å². The highest BCUT2D eigenvalue weighted by Crippen LogP contribution is 2.34. The maximum Gasteiger partial charge on any atom is 0.411 e. The summed E-state index contributed by atoms with van der Waals surface area (Å²) in [7, 11) is 0.